The fraction of sp³-hybridized carbons (Fsp3) is 0.727. The Hall–Kier alpha value is -0.830. The van der Waals surface area contributed by atoms with Gasteiger partial charge in [0.25, 0.3) is 0 Å². The predicted octanol–water partition coefficient (Wildman–Crippen LogP) is 2.23. The number of nitrogens with one attached hydrogen (secondary N) is 1. The first-order valence-electron chi connectivity index (χ1n) is 5.25. The van der Waals surface area contributed by atoms with Crippen LogP contribution < -0.4 is 5.32 Å². The van der Waals surface area contributed by atoms with Gasteiger partial charge in [0.05, 0.1) is 0 Å². The van der Waals surface area contributed by atoms with E-state index in [0.29, 0.717) is 0 Å². The van der Waals surface area contributed by atoms with Crippen molar-refractivity contribution in [2.24, 2.45) is 0 Å². The van der Waals surface area contributed by atoms with Gasteiger partial charge in [-0.1, -0.05) is 25.8 Å². The molecule has 0 spiro atoms. The zero-order chi connectivity index (χ0) is 10.8. The maximum atomic E-state index is 11.1. The highest BCUT2D eigenvalue weighted by Gasteiger charge is 2.08. The van der Waals surface area contributed by atoms with Gasteiger partial charge in [-0.2, -0.15) is 0 Å². The fourth-order valence-electron chi connectivity index (χ4n) is 1.16. The summed E-state index contributed by atoms with van der Waals surface area (Å²) in [6.45, 7) is 3.95. The summed E-state index contributed by atoms with van der Waals surface area (Å²) in [4.78, 5) is 11.1. The number of carbonyl (C=O) groups excluding carboxylic acids is 1. The molecule has 0 amide bonds. The molecule has 82 valence electrons. The van der Waals surface area contributed by atoms with E-state index in [1.54, 1.807) is 20.0 Å². The molecule has 14 heavy (non-hydrogen) atoms. The Kier molecular flexibility index (Phi) is 8.24. The van der Waals surface area contributed by atoms with Crippen molar-refractivity contribution < 1.29 is 9.53 Å². The molecule has 0 rings (SSSR count). The van der Waals surface area contributed by atoms with Crippen LogP contribution in [0.5, 0.6) is 0 Å². The molecule has 1 atom stereocenters. The molecule has 0 saturated heterocycles. The molecule has 1 unspecified atom stereocenters. The lowest BCUT2D eigenvalue weighted by molar-refractivity contribution is -0.144. The average Bonchev–Trinajstić information content (AvgIpc) is 2.17. The van der Waals surface area contributed by atoms with Gasteiger partial charge in [0.15, 0.2) is 6.23 Å². The van der Waals surface area contributed by atoms with Gasteiger partial charge in [0.1, 0.15) is 0 Å². The maximum absolute atomic E-state index is 11.1. The first-order valence-corrected chi connectivity index (χ1v) is 5.25. The van der Waals surface area contributed by atoms with Crippen LogP contribution in [0, 0.1) is 0 Å². The van der Waals surface area contributed by atoms with Gasteiger partial charge in [-0.15, -0.1) is 0 Å². The van der Waals surface area contributed by atoms with Gasteiger partial charge in [0.2, 0.25) is 0 Å². The molecular weight excluding hydrogens is 178 g/mol. The van der Waals surface area contributed by atoms with Gasteiger partial charge in [-0.3, -0.25) is 5.32 Å². The van der Waals surface area contributed by atoms with Gasteiger partial charge in [-0.25, -0.2) is 4.79 Å². The second kappa shape index (κ2) is 8.75. The Morgan fingerprint density at radius 1 is 1.50 bits per heavy atom. The van der Waals surface area contributed by atoms with E-state index in [1.807, 2.05) is 0 Å². The summed E-state index contributed by atoms with van der Waals surface area (Å²) in [5.41, 5.74) is 0. The van der Waals surface area contributed by atoms with Crippen LogP contribution in [0.4, 0.5) is 0 Å². The van der Waals surface area contributed by atoms with Crippen LogP contribution in [0.3, 0.4) is 0 Å². The predicted molar refractivity (Wildman–Crippen MR) is 57.9 cm³/mol. The topological polar surface area (TPSA) is 38.3 Å². The van der Waals surface area contributed by atoms with E-state index in [4.69, 9.17) is 4.74 Å². The molecule has 0 aliphatic rings. The first kappa shape index (κ1) is 13.2. The van der Waals surface area contributed by atoms with Crippen molar-refractivity contribution in [2.45, 2.75) is 45.8 Å². The van der Waals surface area contributed by atoms with Crippen LogP contribution in [-0.4, -0.2) is 19.2 Å². The second-order valence-corrected chi connectivity index (χ2v) is 3.21. The molecule has 3 heteroatoms. The molecule has 0 saturated carbocycles. The van der Waals surface area contributed by atoms with E-state index >= 15 is 0 Å². The van der Waals surface area contributed by atoms with Crippen LogP contribution in [-0.2, 0) is 9.53 Å². The summed E-state index contributed by atoms with van der Waals surface area (Å²) >= 11 is 0. The maximum Gasteiger partial charge on any atom is 0.331 e. The molecule has 0 aromatic carbocycles. The molecule has 0 radical (unpaired) electrons. The molecule has 3 nitrogen and oxygen atoms in total. The van der Waals surface area contributed by atoms with Gasteiger partial charge in [0, 0.05) is 6.08 Å². The van der Waals surface area contributed by atoms with Crippen LogP contribution >= 0.6 is 0 Å². The van der Waals surface area contributed by atoms with Crippen LogP contribution in [0.15, 0.2) is 12.2 Å². The highest BCUT2D eigenvalue weighted by molar-refractivity contribution is 5.81. The Morgan fingerprint density at radius 2 is 2.21 bits per heavy atom. The van der Waals surface area contributed by atoms with Crippen molar-refractivity contribution >= 4 is 5.97 Å². The Bertz CT molecular complexity index is 178. The van der Waals surface area contributed by atoms with Gasteiger partial charge in [-0.05, 0) is 26.8 Å². The number of rotatable bonds is 7. The van der Waals surface area contributed by atoms with Gasteiger partial charge < -0.3 is 4.74 Å². The molecule has 0 heterocycles. The zero-order valence-electron chi connectivity index (χ0n) is 9.38. The normalized spacial score (nSPS) is 13.1. The summed E-state index contributed by atoms with van der Waals surface area (Å²) in [7, 11) is 1.81. The minimum absolute atomic E-state index is 0.148. The van der Waals surface area contributed by atoms with Gasteiger partial charge >= 0.3 is 5.97 Å². The Labute approximate surface area is 86.5 Å². The van der Waals surface area contributed by atoms with Crippen molar-refractivity contribution in [2.75, 3.05) is 7.05 Å². The average molecular weight is 199 g/mol. The summed E-state index contributed by atoms with van der Waals surface area (Å²) in [5, 5.41) is 2.97. The third-order valence-corrected chi connectivity index (χ3v) is 1.95. The first-order chi connectivity index (χ1) is 6.74. The number of unbranched alkanes of at least 4 members (excludes halogenated alkanes) is 2. The lowest BCUT2D eigenvalue weighted by Gasteiger charge is -2.15. The molecule has 0 aromatic rings. The molecule has 0 aliphatic carbocycles. The number of carbonyl (C=O) groups is 1. The quantitative estimate of drug-likeness (QED) is 0.296. The number of esters is 1. The molecule has 0 aromatic heterocycles. The Balaban J connectivity index is 3.72. The van der Waals surface area contributed by atoms with E-state index in [9.17, 15) is 4.79 Å². The zero-order valence-corrected chi connectivity index (χ0v) is 9.38. The van der Waals surface area contributed by atoms with E-state index < -0.39 is 0 Å². The summed E-state index contributed by atoms with van der Waals surface area (Å²) in [6.07, 6.45) is 7.30. The van der Waals surface area contributed by atoms with Crippen LogP contribution in [0.25, 0.3) is 0 Å². The van der Waals surface area contributed by atoms with Crippen molar-refractivity contribution in [1.29, 1.82) is 0 Å². The van der Waals surface area contributed by atoms with Crippen LogP contribution in [0.1, 0.15) is 39.5 Å². The summed E-state index contributed by atoms with van der Waals surface area (Å²) in [6, 6.07) is 0. The smallest absolute Gasteiger partial charge is 0.331 e. The standard InChI is InChI=1S/C11H21NO2/c1-4-6-7-9-10(12-3)14-11(13)8-5-2/h5,8,10,12H,4,6-7,9H2,1-3H3/b8-5+. The molecule has 0 fully saturated rings. The second-order valence-electron chi connectivity index (χ2n) is 3.21. The van der Waals surface area contributed by atoms with Crippen molar-refractivity contribution in [3.8, 4) is 0 Å². The lowest BCUT2D eigenvalue weighted by atomic mass is 10.2. The minimum Gasteiger partial charge on any atom is -0.443 e. The molecule has 1 N–H and O–H groups in total. The molecule has 0 bridgehead atoms. The van der Waals surface area contributed by atoms with E-state index in [-0.39, 0.29) is 12.2 Å². The number of allylic oxidation sites excluding steroid dienone is 1. The third-order valence-electron chi connectivity index (χ3n) is 1.95. The van der Waals surface area contributed by atoms with Crippen LogP contribution in [0.2, 0.25) is 0 Å². The minimum atomic E-state index is -0.275. The molecule has 0 aliphatic heterocycles. The summed E-state index contributed by atoms with van der Waals surface area (Å²) in [5.74, 6) is -0.275. The number of hydrogen-bond donors (Lipinski definition) is 1. The van der Waals surface area contributed by atoms with E-state index in [0.717, 1.165) is 12.8 Å². The molecular formula is C11H21NO2. The monoisotopic (exact) mass is 199 g/mol. The Morgan fingerprint density at radius 3 is 2.71 bits per heavy atom. The summed E-state index contributed by atoms with van der Waals surface area (Å²) < 4.78 is 5.15. The number of hydrogen-bond acceptors (Lipinski definition) is 3. The van der Waals surface area contributed by atoms with E-state index in [1.165, 1.54) is 18.9 Å². The highest BCUT2D eigenvalue weighted by atomic mass is 16.6. The largest absolute Gasteiger partial charge is 0.443 e. The van der Waals surface area contributed by atoms with E-state index in [2.05, 4.69) is 12.2 Å². The third kappa shape index (κ3) is 6.66. The fourth-order valence-corrected chi connectivity index (χ4v) is 1.16. The number of ether oxygens (including phenoxy) is 1. The highest BCUT2D eigenvalue weighted by Crippen LogP contribution is 2.04. The van der Waals surface area contributed by atoms with Crippen molar-refractivity contribution in [1.82, 2.24) is 5.32 Å². The van der Waals surface area contributed by atoms with Crippen molar-refractivity contribution in [3.05, 3.63) is 12.2 Å². The SMILES string of the molecule is C/C=C/C(=O)OC(CCCCC)NC. The lowest BCUT2D eigenvalue weighted by Crippen LogP contribution is -2.30. The van der Waals surface area contributed by atoms with Crippen molar-refractivity contribution in [3.63, 3.8) is 0 Å².